The fourth-order valence-corrected chi connectivity index (χ4v) is 3.60. The number of hydrogen-bond acceptors (Lipinski definition) is 6. The summed E-state index contributed by atoms with van der Waals surface area (Å²) in [6.07, 6.45) is 1.33. The van der Waals surface area contributed by atoms with E-state index in [9.17, 15) is 9.59 Å². The zero-order chi connectivity index (χ0) is 18.5. The molecule has 9 heteroatoms. The van der Waals surface area contributed by atoms with Crippen LogP contribution in [0.3, 0.4) is 0 Å². The van der Waals surface area contributed by atoms with E-state index in [1.54, 1.807) is 6.07 Å². The van der Waals surface area contributed by atoms with Crippen molar-refractivity contribution < 1.29 is 4.79 Å². The van der Waals surface area contributed by atoms with Crippen molar-refractivity contribution >= 4 is 17.5 Å². The number of fused-ring (bicyclic) bond motifs is 1. The molecule has 4 heterocycles. The highest BCUT2D eigenvalue weighted by molar-refractivity contribution is 6.07. The standard InChI is InChI=1S/C17H23N7O2/c1-11-8-13-18-12(9-14(25)24(13)21-11)10-23-6-4-17(5-7-23)15(26)19-16(20-17)22(2)3/h8-9,21H,4-7,10H2,1-3H3,(H,19,20,26). The van der Waals surface area contributed by atoms with Gasteiger partial charge in [-0.2, -0.15) is 0 Å². The van der Waals surface area contributed by atoms with Crippen molar-refractivity contribution in [3.05, 3.63) is 33.9 Å². The molecule has 138 valence electrons. The lowest BCUT2D eigenvalue weighted by Gasteiger charge is -2.35. The number of amides is 1. The summed E-state index contributed by atoms with van der Waals surface area (Å²) in [5.74, 6) is 0.618. The second-order valence-corrected chi connectivity index (χ2v) is 7.31. The van der Waals surface area contributed by atoms with Crippen LogP contribution >= 0.6 is 0 Å². The van der Waals surface area contributed by atoms with Crippen molar-refractivity contribution in [1.29, 1.82) is 0 Å². The van der Waals surface area contributed by atoms with E-state index in [0.29, 0.717) is 31.0 Å². The molecule has 1 saturated heterocycles. The molecule has 4 rings (SSSR count). The summed E-state index contributed by atoms with van der Waals surface area (Å²) >= 11 is 0. The summed E-state index contributed by atoms with van der Waals surface area (Å²) in [7, 11) is 3.74. The van der Waals surface area contributed by atoms with Crippen molar-refractivity contribution in [1.82, 2.24) is 29.7 Å². The van der Waals surface area contributed by atoms with Crippen LogP contribution in [0.1, 0.15) is 24.2 Å². The van der Waals surface area contributed by atoms with Gasteiger partial charge in [-0.3, -0.25) is 24.9 Å². The SMILES string of the molecule is Cc1cc2nc(CN3CCC4(CC3)N=C(N(C)C)NC4=O)cc(=O)n2[nH]1. The van der Waals surface area contributed by atoms with Gasteiger partial charge in [0.25, 0.3) is 11.5 Å². The Hall–Kier alpha value is -2.68. The number of hydrogen-bond donors (Lipinski definition) is 2. The van der Waals surface area contributed by atoms with Crippen LogP contribution in [-0.2, 0) is 11.3 Å². The molecule has 26 heavy (non-hydrogen) atoms. The second kappa shape index (κ2) is 5.94. The summed E-state index contributed by atoms with van der Waals surface area (Å²) < 4.78 is 1.45. The molecule has 2 aromatic rings. The van der Waals surface area contributed by atoms with E-state index in [1.807, 2.05) is 32.0 Å². The number of likely N-dealkylation sites (tertiary alicyclic amines) is 1. The molecule has 2 N–H and O–H groups in total. The number of aromatic amines is 1. The molecule has 0 atom stereocenters. The number of nitrogens with zero attached hydrogens (tertiary/aromatic N) is 5. The number of aliphatic imine (C=N–C) groups is 1. The summed E-state index contributed by atoms with van der Waals surface area (Å²) in [5.41, 5.74) is 1.52. The molecule has 0 radical (unpaired) electrons. The molecule has 9 nitrogen and oxygen atoms in total. The molecular formula is C17H23N7O2. The Morgan fingerprint density at radius 1 is 1.23 bits per heavy atom. The highest BCUT2D eigenvalue weighted by Gasteiger charge is 2.46. The Morgan fingerprint density at radius 3 is 2.62 bits per heavy atom. The molecule has 0 bridgehead atoms. The fraction of sp³-hybridized carbons (Fsp3) is 0.529. The van der Waals surface area contributed by atoms with Gasteiger partial charge in [0.05, 0.1) is 5.69 Å². The molecule has 0 aromatic carbocycles. The van der Waals surface area contributed by atoms with E-state index < -0.39 is 5.54 Å². The predicted molar refractivity (Wildman–Crippen MR) is 97.1 cm³/mol. The van der Waals surface area contributed by atoms with Crippen molar-refractivity contribution in [3.63, 3.8) is 0 Å². The van der Waals surface area contributed by atoms with Crippen LogP contribution in [0.5, 0.6) is 0 Å². The third kappa shape index (κ3) is 2.78. The molecule has 2 aliphatic heterocycles. The lowest BCUT2D eigenvalue weighted by molar-refractivity contribution is -0.125. The number of nitrogens with one attached hydrogen (secondary N) is 2. The third-order valence-electron chi connectivity index (χ3n) is 5.09. The van der Waals surface area contributed by atoms with Crippen LogP contribution in [0.4, 0.5) is 0 Å². The van der Waals surface area contributed by atoms with Gasteiger partial charge in [0.2, 0.25) is 5.96 Å². The number of carbonyl (C=O) groups excluding carboxylic acids is 1. The molecule has 1 fully saturated rings. The van der Waals surface area contributed by atoms with Crippen LogP contribution in [0.15, 0.2) is 21.9 Å². The number of aryl methyl sites for hydroxylation is 1. The average molecular weight is 357 g/mol. The largest absolute Gasteiger partial charge is 0.349 e. The van der Waals surface area contributed by atoms with Crippen LogP contribution < -0.4 is 10.9 Å². The Bertz CT molecular complexity index is 948. The van der Waals surface area contributed by atoms with Crippen molar-refractivity contribution in [2.24, 2.45) is 4.99 Å². The minimum atomic E-state index is -0.648. The van der Waals surface area contributed by atoms with Crippen molar-refractivity contribution in [3.8, 4) is 0 Å². The predicted octanol–water partition coefficient (Wildman–Crippen LogP) is -0.287. The molecule has 0 unspecified atom stereocenters. The first kappa shape index (κ1) is 16.8. The van der Waals surface area contributed by atoms with Crippen LogP contribution in [0, 0.1) is 6.92 Å². The summed E-state index contributed by atoms with van der Waals surface area (Å²) in [6.45, 7) is 3.97. The fourth-order valence-electron chi connectivity index (χ4n) is 3.60. The van der Waals surface area contributed by atoms with Gasteiger partial charge in [0.15, 0.2) is 5.65 Å². The number of carbonyl (C=O) groups is 1. The van der Waals surface area contributed by atoms with Gasteiger partial charge < -0.3 is 4.90 Å². The van der Waals surface area contributed by atoms with Gasteiger partial charge in [0.1, 0.15) is 5.54 Å². The molecule has 1 spiro atoms. The van der Waals surface area contributed by atoms with E-state index in [0.717, 1.165) is 24.5 Å². The van der Waals surface area contributed by atoms with Crippen LogP contribution in [0.2, 0.25) is 0 Å². The molecule has 0 saturated carbocycles. The number of rotatable bonds is 2. The topological polar surface area (TPSA) is 98.1 Å². The van der Waals surface area contributed by atoms with Crippen molar-refractivity contribution in [2.45, 2.75) is 31.8 Å². The number of piperidine rings is 1. The second-order valence-electron chi connectivity index (χ2n) is 7.31. The number of guanidine groups is 1. The minimum absolute atomic E-state index is 0.0126. The van der Waals surface area contributed by atoms with Gasteiger partial charge in [-0.25, -0.2) is 14.5 Å². The van der Waals surface area contributed by atoms with E-state index in [2.05, 4.69) is 25.3 Å². The zero-order valence-corrected chi connectivity index (χ0v) is 15.2. The maximum Gasteiger partial charge on any atom is 0.272 e. The van der Waals surface area contributed by atoms with Gasteiger partial charge in [-0.05, 0) is 19.8 Å². The Balaban J connectivity index is 1.48. The number of H-pyrrole nitrogens is 1. The van der Waals surface area contributed by atoms with Gasteiger partial charge in [-0.1, -0.05) is 0 Å². The molecule has 0 aliphatic carbocycles. The molecule has 1 amide bonds. The molecule has 2 aromatic heterocycles. The van der Waals surface area contributed by atoms with Crippen molar-refractivity contribution in [2.75, 3.05) is 27.2 Å². The Labute approximate surface area is 150 Å². The van der Waals surface area contributed by atoms with E-state index >= 15 is 0 Å². The third-order valence-corrected chi connectivity index (χ3v) is 5.09. The summed E-state index contributed by atoms with van der Waals surface area (Å²) in [5, 5.41) is 5.84. The molecule has 2 aliphatic rings. The molecular weight excluding hydrogens is 334 g/mol. The smallest absolute Gasteiger partial charge is 0.272 e. The van der Waals surface area contributed by atoms with E-state index in [1.165, 1.54) is 4.52 Å². The van der Waals surface area contributed by atoms with E-state index in [-0.39, 0.29) is 11.5 Å². The van der Waals surface area contributed by atoms with E-state index in [4.69, 9.17) is 0 Å². The highest BCUT2D eigenvalue weighted by atomic mass is 16.2. The average Bonchev–Trinajstić information content (AvgIpc) is 3.11. The summed E-state index contributed by atoms with van der Waals surface area (Å²) in [6, 6.07) is 3.42. The first-order chi connectivity index (χ1) is 12.4. The maximum atomic E-state index is 12.4. The van der Waals surface area contributed by atoms with Gasteiger partial charge in [-0.15, -0.1) is 0 Å². The lowest BCUT2D eigenvalue weighted by Crippen LogP contribution is -2.49. The highest BCUT2D eigenvalue weighted by Crippen LogP contribution is 2.30. The van der Waals surface area contributed by atoms with Gasteiger partial charge in [0, 0.05) is 51.6 Å². The quantitative estimate of drug-likeness (QED) is 0.770. The Kier molecular flexibility index (Phi) is 3.83. The monoisotopic (exact) mass is 357 g/mol. The normalized spacial score (nSPS) is 19.8. The first-order valence-electron chi connectivity index (χ1n) is 8.76. The zero-order valence-electron chi connectivity index (χ0n) is 15.2. The lowest BCUT2D eigenvalue weighted by atomic mass is 9.88. The Morgan fingerprint density at radius 2 is 1.96 bits per heavy atom. The number of aromatic nitrogens is 3. The van der Waals surface area contributed by atoms with Crippen LogP contribution in [0.25, 0.3) is 5.65 Å². The maximum absolute atomic E-state index is 12.4. The minimum Gasteiger partial charge on any atom is -0.349 e. The van der Waals surface area contributed by atoms with Gasteiger partial charge >= 0.3 is 0 Å². The first-order valence-corrected chi connectivity index (χ1v) is 8.76. The summed E-state index contributed by atoms with van der Waals surface area (Å²) in [4.78, 5) is 37.8. The van der Waals surface area contributed by atoms with Crippen LogP contribution in [-0.4, -0.2) is 69.0 Å².